The first-order valence-electron chi connectivity index (χ1n) is 4.61. The van der Waals surface area contributed by atoms with E-state index in [2.05, 4.69) is 39.5 Å². The molecule has 3 heteroatoms. The molecule has 0 amide bonds. The monoisotopic (exact) mass is 232 g/mol. The van der Waals surface area contributed by atoms with Crippen molar-refractivity contribution < 1.29 is 0 Å². The summed E-state index contributed by atoms with van der Waals surface area (Å²) in [5.41, 5.74) is 0.841. The van der Waals surface area contributed by atoms with Gasteiger partial charge >= 0.3 is 0 Å². The molecular formula is C10H16S3. The average molecular weight is 232 g/mol. The lowest BCUT2D eigenvalue weighted by molar-refractivity contribution is 0.577. The Morgan fingerprint density at radius 1 is 0.846 bits per heavy atom. The molecule has 0 saturated carbocycles. The van der Waals surface area contributed by atoms with E-state index in [1.165, 1.54) is 11.5 Å². The van der Waals surface area contributed by atoms with Gasteiger partial charge in [-0.2, -0.15) is 11.8 Å². The highest BCUT2D eigenvalue weighted by molar-refractivity contribution is 7.99. The molecule has 0 spiro atoms. The highest BCUT2D eigenvalue weighted by Gasteiger charge is 2.38. The summed E-state index contributed by atoms with van der Waals surface area (Å²) >= 11 is 2.11. The van der Waals surface area contributed by atoms with Gasteiger partial charge < -0.3 is 0 Å². The van der Waals surface area contributed by atoms with Crippen LogP contribution in [0.1, 0.15) is 37.4 Å². The first-order chi connectivity index (χ1) is 5.93. The van der Waals surface area contributed by atoms with Crippen LogP contribution in [0.25, 0.3) is 0 Å². The van der Waals surface area contributed by atoms with Crippen LogP contribution in [0, 0.1) is 0 Å². The summed E-state index contributed by atoms with van der Waals surface area (Å²) in [6.45, 7) is 9.51. The second-order valence-corrected chi connectivity index (χ2v) is 8.22. The summed E-state index contributed by atoms with van der Waals surface area (Å²) in [6, 6.07) is 0. The Hall–Kier alpha value is 0.530. The van der Waals surface area contributed by atoms with Gasteiger partial charge in [-0.3, -0.25) is 0 Å². The summed E-state index contributed by atoms with van der Waals surface area (Å²) in [4.78, 5) is 3.32. The maximum absolute atomic E-state index is 2.38. The first-order valence-corrected chi connectivity index (χ1v) is 7.91. The fraction of sp³-hybridized carbons (Fsp3) is 0.800. The van der Waals surface area contributed by atoms with Crippen LogP contribution >= 0.6 is 32.4 Å². The molecule has 0 N–H and O–H groups in total. The summed E-state index contributed by atoms with van der Waals surface area (Å²) in [5.74, 6) is 2.56. The number of fused-ring (bicyclic) bond motifs is 1. The third-order valence-corrected chi connectivity index (χ3v) is 7.73. The minimum absolute atomic E-state index is 0.420. The second-order valence-electron chi connectivity index (χ2n) is 5.09. The minimum atomic E-state index is 0.420. The van der Waals surface area contributed by atoms with Crippen molar-refractivity contribution in [2.24, 2.45) is 0 Å². The van der Waals surface area contributed by atoms with E-state index < -0.39 is 0 Å². The lowest BCUT2D eigenvalue weighted by atomic mass is 9.86. The van der Waals surface area contributed by atoms with Gasteiger partial charge in [0.05, 0.1) is 0 Å². The van der Waals surface area contributed by atoms with Crippen LogP contribution in [-0.4, -0.2) is 11.5 Å². The van der Waals surface area contributed by atoms with Crippen molar-refractivity contribution in [1.82, 2.24) is 0 Å². The fourth-order valence-electron chi connectivity index (χ4n) is 1.66. The van der Waals surface area contributed by atoms with Gasteiger partial charge in [-0.15, -0.1) is 0 Å². The third-order valence-electron chi connectivity index (χ3n) is 2.57. The predicted molar refractivity (Wildman–Crippen MR) is 65.6 cm³/mol. The molecule has 1 aromatic rings. The number of rotatable bonds is 0. The van der Waals surface area contributed by atoms with Crippen molar-refractivity contribution in [2.75, 3.05) is 11.5 Å². The summed E-state index contributed by atoms with van der Waals surface area (Å²) in [6.07, 6.45) is 0. The van der Waals surface area contributed by atoms with E-state index in [1.807, 2.05) is 20.7 Å². The van der Waals surface area contributed by atoms with Crippen molar-refractivity contribution in [2.45, 2.75) is 38.5 Å². The van der Waals surface area contributed by atoms with E-state index in [4.69, 9.17) is 0 Å². The van der Waals surface area contributed by atoms with Gasteiger partial charge in [-0.25, -0.2) is 0 Å². The number of thioether (sulfide) groups is 1. The van der Waals surface area contributed by atoms with Crippen LogP contribution in [0.5, 0.6) is 0 Å². The smallest absolute Gasteiger partial charge is 0.0361 e. The molecule has 74 valence electrons. The first kappa shape index (κ1) is 10.1. The highest BCUT2D eigenvalue weighted by Crippen LogP contribution is 2.50. The molecule has 0 bridgehead atoms. The zero-order valence-electron chi connectivity index (χ0n) is 8.64. The molecule has 2 rings (SSSR count). The molecule has 0 aromatic carbocycles. The Kier molecular flexibility index (Phi) is 2.33. The standard InChI is InChI=1S/C10H16S3/c1-9(2)5-11-6-10(3,4)8-7(9)12-13-8/h5-6H2,1-4H3. The molecule has 2 heterocycles. The van der Waals surface area contributed by atoms with Crippen molar-refractivity contribution in [3.05, 3.63) is 9.75 Å². The maximum Gasteiger partial charge on any atom is 0.0361 e. The highest BCUT2D eigenvalue weighted by atomic mass is 32.9. The van der Waals surface area contributed by atoms with Gasteiger partial charge in [0, 0.05) is 32.1 Å². The predicted octanol–water partition coefficient (Wildman–Crippen LogP) is 4.11. The zero-order chi connectivity index (χ0) is 9.69. The van der Waals surface area contributed by atoms with E-state index in [9.17, 15) is 0 Å². The molecule has 0 unspecified atom stereocenters. The lowest BCUT2D eigenvalue weighted by Gasteiger charge is -2.29. The van der Waals surface area contributed by atoms with Gasteiger partial charge in [0.25, 0.3) is 0 Å². The Labute approximate surface area is 92.1 Å². The second kappa shape index (κ2) is 3.01. The van der Waals surface area contributed by atoms with E-state index in [1.54, 1.807) is 9.75 Å². The molecule has 0 nitrogen and oxygen atoms in total. The van der Waals surface area contributed by atoms with Crippen molar-refractivity contribution in [3.8, 4) is 0 Å². The molecule has 13 heavy (non-hydrogen) atoms. The summed E-state index contributed by atoms with van der Waals surface area (Å²) in [5, 5.41) is 0. The molecule has 0 fully saturated rings. The molecule has 0 aliphatic carbocycles. The van der Waals surface area contributed by atoms with Crippen molar-refractivity contribution >= 4 is 32.4 Å². The molecule has 0 radical (unpaired) electrons. The van der Waals surface area contributed by atoms with Crippen LogP contribution in [-0.2, 0) is 10.8 Å². The quantitative estimate of drug-likeness (QED) is 0.607. The summed E-state index contributed by atoms with van der Waals surface area (Å²) < 4.78 is 0. The SMILES string of the molecule is CC1(C)CSCC(C)(C)c2ssc21. The average Bonchev–Trinajstić information content (AvgIpc) is 1.82. The lowest BCUT2D eigenvalue weighted by Crippen LogP contribution is -2.24. The molecule has 1 aliphatic heterocycles. The van der Waals surface area contributed by atoms with E-state index >= 15 is 0 Å². The molecular weight excluding hydrogens is 216 g/mol. The van der Waals surface area contributed by atoms with Gasteiger partial charge in [0.2, 0.25) is 0 Å². The molecule has 0 atom stereocenters. The van der Waals surface area contributed by atoms with Crippen LogP contribution in [0.2, 0.25) is 0 Å². The zero-order valence-corrected chi connectivity index (χ0v) is 11.1. The van der Waals surface area contributed by atoms with E-state index in [-0.39, 0.29) is 0 Å². The Bertz CT molecular complexity index is 274. The number of hydrogen-bond donors (Lipinski definition) is 0. The Morgan fingerprint density at radius 3 is 1.54 bits per heavy atom. The molecule has 1 aliphatic rings. The van der Waals surface area contributed by atoms with Gasteiger partial charge in [-0.05, 0) is 0 Å². The van der Waals surface area contributed by atoms with Gasteiger partial charge in [0.1, 0.15) is 0 Å². The third kappa shape index (κ3) is 1.59. The minimum Gasteiger partial charge on any atom is -0.160 e. The van der Waals surface area contributed by atoms with Gasteiger partial charge in [0.15, 0.2) is 0 Å². The number of hydrogen-bond acceptors (Lipinski definition) is 3. The van der Waals surface area contributed by atoms with Crippen LogP contribution in [0.4, 0.5) is 0 Å². The largest absolute Gasteiger partial charge is 0.160 e. The Balaban J connectivity index is 2.42. The summed E-state index contributed by atoms with van der Waals surface area (Å²) in [7, 11) is 3.99. The maximum atomic E-state index is 2.38. The van der Waals surface area contributed by atoms with E-state index in [0.29, 0.717) is 10.8 Å². The molecule has 0 saturated heterocycles. The van der Waals surface area contributed by atoms with E-state index in [0.717, 1.165) is 0 Å². The van der Waals surface area contributed by atoms with Crippen LogP contribution in [0.15, 0.2) is 0 Å². The van der Waals surface area contributed by atoms with Crippen LogP contribution < -0.4 is 0 Å². The fourth-order valence-corrected chi connectivity index (χ4v) is 6.75. The van der Waals surface area contributed by atoms with Gasteiger partial charge in [-0.1, -0.05) is 48.4 Å². The molecule has 1 aromatic heterocycles. The van der Waals surface area contributed by atoms with Crippen molar-refractivity contribution in [1.29, 1.82) is 0 Å². The Morgan fingerprint density at radius 2 is 1.23 bits per heavy atom. The van der Waals surface area contributed by atoms with Crippen molar-refractivity contribution in [3.63, 3.8) is 0 Å². The van der Waals surface area contributed by atoms with Crippen LogP contribution in [0.3, 0.4) is 0 Å². The normalized spacial score (nSPS) is 25.2. The topological polar surface area (TPSA) is 0 Å².